The zero-order valence-electron chi connectivity index (χ0n) is 37.8. The molecule has 5 aliphatic carbocycles. The van der Waals surface area contributed by atoms with Gasteiger partial charge in [0.2, 0.25) is 0 Å². The van der Waals surface area contributed by atoms with Gasteiger partial charge < -0.3 is 38.6 Å². The summed E-state index contributed by atoms with van der Waals surface area (Å²) in [5.41, 5.74) is -4.00. The minimum atomic E-state index is -1.78. The fourth-order valence-electron chi connectivity index (χ4n) is 14.4. The van der Waals surface area contributed by atoms with Crippen molar-refractivity contribution >= 4 is 11.9 Å². The number of rotatable bonds is 23. The number of benzene rings is 1. The molecule has 2 N–H and O–H groups in total. The first-order chi connectivity index (χ1) is 29.6. The fourth-order valence-corrected chi connectivity index (χ4v) is 14.4. The van der Waals surface area contributed by atoms with Crippen LogP contribution in [0.4, 0.5) is 0 Å². The van der Waals surface area contributed by atoms with Gasteiger partial charge in [0, 0.05) is 76.0 Å². The van der Waals surface area contributed by atoms with E-state index in [2.05, 4.69) is 43.1 Å². The van der Waals surface area contributed by atoms with Crippen molar-refractivity contribution in [3.05, 3.63) is 60.2 Å². The largest absolute Gasteiger partial charge is 0.455 e. The van der Waals surface area contributed by atoms with Crippen LogP contribution in [0.5, 0.6) is 0 Å². The summed E-state index contributed by atoms with van der Waals surface area (Å²) < 4.78 is 39.0. The number of unbranched alkanes of at least 4 members (excludes halogenated alkanes) is 8. The summed E-state index contributed by atoms with van der Waals surface area (Å²) in [4.78, 5) is 31.1. The molecule has 340 valence electrons. The summed E-state index contributed by atoms with van der Waals surface area (Å²) in [7, 11) is 6.71. The lowest BCUT2D eigenvalue weighted by Gasteiger charge is -2.69. The molecule has 1 heterocycles. The van der Waals surface area contributed by atoms with E-state index in [4.69, 9.17) is 28.4 Å². The second-order valence-corrected chi connectivity index (χ2v) is 19.2. The molecule has 5 saturated carbocycles. The second kappa shape index (κ2) is 19.6. The molecule has 6 aliphatic rings. The van der Waals surface area contributed by atoms with E-state index in [1.165, 1.54) is 26.4 Å². The SMILES string of the molecule is CCCCC/C=C\C/C=C\CCCCCCCC(=O)O[C@@]12C3C4N(CC)C[C@]5(COC)CC[C@H](OC)C4([C@@H]4C[C@@](O)(C(OC(=O)c6ccccc6)[C@@H]41)[C@@H](OC)[C@@H]2O)[C@@H]5[C@H]3OC. The lowest BCUT2D eigenvalue weighted by molar-refractivity contribution is -0.318. The van der Waals surface area contributed by atoms with Gasteiger partial charge in [0.05, 0.1) is 24.4 Å². The lowest BCUT2D eigenvalue weighted by atomic mass is 9.43. The number of methoxy groups -OCH3 is 4. The molecule has 1 spiro atoms. The Balaban J connectivity index is 1.18. The van der Waals surface area contributed by atoms with Crippen molar-refractivity contribution < 1.29 is 48.2 Å². The van der Waals surface area contributed by atoms with Gasteiger partial charge in [-0.1, -0.05) is 88.5 Å². The van der Waals surface area contributed by atoms with Crippen LogP contribution in [0.3, 0.4) is 0 Å². The number of aliphatic hydroxyl groups is 2. The number of hydrogen-bond acceptors (Lipinski definition) is 11. The minimum Gasteiger partial charge on any atom is -0.455 e. The molecule has 11 heteroatoms. The Labute approximate surface area is 364 Å². The predicted octanol–water partition coefficient (Wildman–Crippen LogP) is 7.47. The Morgan fingerprint density at radius 3 is 2.21 bits per heavy atom. The standard InChI is InChI=1S/C50H75NO10/c1-7-9-10-11-12-13-14-15-16-17-18-19-20-21-25-28-37(52)61-50-38-35(31-48(55,45(59-6)43(50)53)44(38)60-46(54)34-26-23-22-24-27-34)49-36(57-4)29-30-47(33-56-3)32-51(8-2)42(49)39(50)40(58-5)41(47)49/h12-13,15-16,22-24,26-27,35-36,38-45,53,55H,7-11,14,17-21,25,28-33H2,1-6H3/b13-12-,16-15-/t35-,36+,38-,39?,40+,41-,42?,43+,44?,45+,47+,48-,49?,50-/m1/s1. The third-order valence-corrected chi connectivity index (χ3v) is 16.3. The van der Waals surface area contributed by atoms with Crippen molar-refractivity contribution in [2.24, 2.45) is 34.5 Å². The third-order valence-electron chi connectivity index (χ3n) is 16.3. The van der Waals surface area contributed by atoms with Crippen molar-refractivity contribution in [3.63, 3.8) is 0 Å². The van der Waals surface area contributed by atoms with E-state index in [0.29, 0.717) is 25.1 Å². The first-order valence-corrected chi connectivity index (χ1v) is 23.6. The van der Waals surface area contributed by atoms with Crippen molar-refractivity contribution in [2.45, 2.75) is 158 Å². The molecule has 11 nitrogen and oxygen atoms in total. The monoisotopic (exact) mass is 850 g/mol. The first kappa shape index (κ1) is 46.4. The van der Waals surface area contributed by atoms with Crippen LogP contribution in [0.1, 0.15) is 121 Å². The zero-order valence-corrected chi connectivity index (χ0v) is 37.8. The Hall–Kier alpha value is -2.64. The number of piperidine rings is 1. The van der Waals surface area contributed by atoms with Gasteiger partial charge in [-0.05, 0) is 82.4 Å². The maximum absolute atomic E-state index is 14.6. The van der Waals surface area contributed by atoms with Gasteiger partial charge in [0.1, 0.15) is 23.9 Å². The van der Waals surface area contributed by atoms with E-state index in [1.807, 2.05) is 6.07 Å². The summed E-state index contributed by atoms with van der Waals surface area (Å²) >= 11 is 0. The summed E-state index contributed by atoms with van der Waals surface area (Å²) in [6.45, 7) is 6.36. The lowest BCUT2D eigenvalue weighted by Crippen LogP contribution is -2.81. The highest BCUT2D eigenvalue weighted by Gasteiger charge is 2.91. The van der Waals surface area contributed by atoms with Crippen LogP contribution in [0, 0.1) is 34.5 Å². The highest BCUT2D eigenvalue weighted by atomic mass is 16.6. The molecular weight excluding hydrogens is 775 g/mol. The molecule has 0 radical (unpaired) electrons. The first-order valence-electron chi connectivity index (χ1n) is 23.6. The van der Waals surface area contributed by atoms with Crippen LogP contribution in [-0.4, -0.2) is 123 Å². The van der Waals surface area contributed by atoms with Crippen molar-refractivity contribution in [1.82, 2.24) is 4.90 Å². The number of aliphatic hydroxyl groups excluding tert-OH is 1. The summed E-state index contributed by atoms with van der Waals surface area (Å²) in [5.74, 6) is -2.83. The van der Waals surface area contributed by atoms with E-state index in [-0.39, 0.29) is 36.3 Å². The Morgan fingerprint density at radius 2 is 1.56 bits per heavy atom. The van der Waals surface area contributed by atoms with E-state index in [0.717, 1.165) is 64.3 Å². The number of esters is 2. The average molecular weight is 850 g/mol. The van der Waals surface area contributed by atoms with Crippen LogP contribution in [0.25, 0.3) is 0 Å². The number of fused-ring (bicyclic) bond motifs is 2. The summed E-state index contributed by atoms with van der Waals surface area (Å²) in [6.07, 6.45) is 18.3. The highest BCUT2D eigenvalue weighted by Crippen LogP contribution is 2.80. The number of allylic oxidation sites excluding steroid dienone is 4. The van der Waals surface area contributed by atoms with Gasteiger partial charge in [-0.15, -0.1) is 0 Å². The van der Waals surface area contributed by atoms with Crippen molar-refractivity contribution in [2.75, 3.05) is 48.1 Å². The van der Waals surface area contributed by atoms with Gasteiger partial charge in [0.15, 0.2) is 5.60 Å². The van der Waals surface area contributed by atoms with Gasteiger partial charge in [0.25, 0.3) is 0 Å². The number of carbonyl (C=O) groups is 2. The Morgan fingerprint density at radius 1 is 0.852 bits per heavy atom. The number of carbonyl (C=O) groups excluding carboxylic acids is 2. The van der Waals surface area contributed by atoms with Gasteiger partial charge in [-0.2, -0.15) is 0 Å². The number of likely N-dealkylation sites (tertiary alicyclic amines) is 1. The van der Waals surface area contributed by atoms with Crippen LogP contribution in [0.2, 0.25) is 0 Å². The molecule has 0 aromatic heterocycles. The topological polar surface area (TPSA) is 133 Å². The highest BCUT2D eigenvalue weighted by molar-refractivity contribution is 5.89. The molecule has 7 bridgehead atoms. The van der Waals surface area contributed by atoms with E-state index >= 15 is 0 Å². The fraction of sp³-hybridized carbons (Fsp3) is 0.760. The van der Waals surface area contributed by atoms with Crippen LogP contribution in [0.15, 0.2) is 54.6 Å². The van der Waals surface area contributed by atoms with Gasteiger partial charge in [-0.3, -0.25) is 9.69 Å². The molecular formula is C50H75NO10. The number of hydrogen-bond donors (Lipinski definition) is 2. The molecule has 0 amide bonds. The second-order valence-electron chi connectivity index (χ2n) is 19.2. The Kier molecular flexibility index (Phi) is 14.9. The van der Waals surface area contributed by atoms with Gasteiger partial charge in [-0.25, -0.2) is 4.79 Å². The van der Waals surface area contributed by atoms with Crippen molar-refractivity contribution in [1.29, 1.82) is 0 Å². The predicted molar refractivity (Wildman–Crippen MR) is 233 cm³/mol. The van der Waals surface area contributed by atoms with Crippen molar-refractivity contribution in [3.8, 4) is 0 Å². The van der Waals surface area contributed by atoms with Crippen LogP contribution < -0.4 is 0 Å². The molecule has 1 aliphatic heterocycles. The minimum absolute atomic E-state index is 0.115. The quantitative estimate of drug-likeness (QED) is 0.0646. The molecule has 1 aromatic rings. The molecule has 4 unspecified atom stereocenters. The molecule has 61 heavy (non-hydrogen) atoms. The maximum atomic E-state index is 14.6. The maximum Gasteiger partial charge on any atom is 0.338 e. The normalized spacial score (nSPS) is 39.6. The van der Waals surface area contributed by atoms with E-state index < -0.39 is 70.7 Å². The van der Waals surface area contributed by atoms with Gasteiger partial charge >= 0.3 is 11.9 Å². The Bertz CT molecular complexity index is 1690. The average Bonchev–Trinajstić information content (AvgIpc) is 3.64. The van der Waals surface area contributed by atoms with Crippen LogP contribution >= 0.6 is 0 Å². The number of nitrogens with zero attached hydrogens (tertiary/aromatic N) is 1. The summed E-state index contributed by atoms with van der Waals surface area (Å²) in [5, 5.41) is 26.1. The van der Waals surface area contributed by atoms with E-state index in [9.17, 15) is 19.8 Å². The molecule has 1 saturated heterocycles. The smallest absolute Gasteiger partial charge is 0.338 e. The molecule has 7 rings (SSSR count). The summed E-state index contributed by atoms with van der Waals surface area (Å²) in [6, 6.07) is 8.53. The molecule has 6 fully saturated rings. The number of ether oxygens (including phenoxy) is 6. The molecule has 14 atom stereocenters. The zero-order chi connectivity index (χ0) is 43.4. The van der Waals surface area contributed by atoms with Crippen LogP contribution in [-0.2, 0) is 33.2 Å². The molecule has 1 aromatic carbocycles. The van der Waals surface area contributed by atoms with E-state index in [1.54, 1.807) is 45.6 Å². The third kappa shape index (κ3) is 7.67.